The molecule has 15 heavy (non-hydrogen) atoms. The van der Waals surface area contributed by atoms with E-state index in [0.717, 1.165) is 16.6 Å². The number of hydrogen-bond donors (Lipinski definition) is 0. The van der Waals surface area contributed by atoms with E-state index in [1.807, 2.05) is 6.07 Å². The molecule has 1 unspecified atom stereocenters. The van der Waals surface area contributed by atoms with Crippen LogP contribution in [-0.2, 0) is 0 Å². The van der Waals surface area contributed by atoms with Crippen LogP contribution < -0.4 is 0 Å². The molecule has 80 valence electrons. The summed E-state index contributed by atoms with van der Waals surface area (Å²) < 4.78 is 13.3. The first kappa shape index (κ1) is 9.98. The summed E-state index contributed by atoms with van der Waals surface area (Å²) in [6.45, 7) is 0. The van der Waals surface area contributed by atoms with E-state index in [0.29, 0.717) is 10.9 Å². The van der Waals surface area contributed by atoms with Crippen LogP contribution in [0.15, 0.2) is 17.0 Å². The van der Waals surface area contributed by atoms with Crippen molar-refractivity contribution in [3.05, 3.63) is 28.5 Å². The predicted octanol–water partition coefficient (Wildman–Crippen LogP) is 4.47. The Bertz CT molecular complexity index is 401. The second-order valence-electron chi connectivity index (χ2n) is 4.36. The SMILES string of the molecule is Fc1ccc2c(c1Cl)SCCC2C1CC1. The van der Waals surface area contributed by atoms with Gasteiger partial charge in [-0.25, -0.2) is 4.39 Å². The lowest BCUT2D eigenvalue weighted by atomic mass is 9.91. The number of hydrogen-bond acceptors (Lipinski definition) is 1. The van der Waals surface area contributed by atoms with Gasteiger partial charge in [0.15, 0.2) is 0 Å². The molecule has 1 heterocycles. The third-order valence-electron chi connectivity index (χ3n) is 3.35. The monoisotopic (exact) mass is 242 g/mol. The first-order valence-corrected chi connectivity index (χ1v) is 6.74. The minimum Gasteiger partial charge on any atom is -0.205 e. The lowest BCUT2D eigenvalue weighted by molar-refractivity contribution is 0.566. The van der Waals surface area contributed by atoms with Gasteiger partial charge in [-0.2, -0.15) is 0 Å². The first-order valence-electron chi connectivity index (χ1n) is 5.38. The maximum atomic E-state index is 13.3. The molecule has 2 aliphatic rings. The van der Waals surface area contributed by atoms with Crippen molar-refractivity contribution in [2.45, 2.75) is 30.1 Å². The van der Waals surface area contributed by atoms with Crippen molar-refractivity contribution in [1.82, 2.24) is 0 Å². The van der Waals surface area contributed by atoms with Crippen LogP contribution in [0.2, 0.25) is 5.02 Å². The van der Waals surface area contributed by atoms with Crippen LogP contribution in [0, 0.1) is 11.7 Å². The molecule has 0 radical (unpaired) electrons. The van der Waals surface area contributed by atoms with Gasteiger partial charge in [-0.3, -0.25) is 0 Å². The molecule has 3 heteroatoms. The molecule has 1 atom stereocenters. The van der Waals surface area contributed by atoms with Crippen LogP contribution in [0.4, 0.5) is 4.39 Å². The molecule has 1 aliphatic carbocycles. The minimum absolute atomic E-state index is 0.278. The van der Waals surface area contributed by atoms with Gasteiger partial charge in [-0.05, 0) is 48.5 Å². The molecule has 0 amide bonds. The van der Waals surface area contributed by atoms with E-state index in [1.54, 1.807) is 11.8 Å². The predicted molar refractivity (Wildman–Crippen MR) is 62.2 cm³/mol. The van der Waals surface area contributed by atoms with Gasteiger partial charge in [0.05, 0.1) is 5.02 Å². The van der Waals surface area contributed by atoms with Crippen LogP contribution >= 0.6 is 23.4 Å². The number of benzene rings is 1. The molecule has 0 bridgehead atoms. The van der Waals surface area contributed by atoms with Crippen molar-refractivity contribution in [3.63, 3.8) is 0 Å². The van der Waals surface area contributed by atoms with Gasteiger partial charge in [0, 0.05) is 4.90 Å². The number of halogens is 2. The summed E-state index contributed by atoms with van der Waals surface area (Å²) in [6.07, 6.45) is 3.90. The Labute approximate surface area is 98.2 Å². The molecule has 1 fully saturated rings. The molecule has 0 saturated heterocycles. The summed E-state index contributed by atoms with van der Waals surface area (Å²) in [5.74, 6) is 2.28. The molecular formula is C12H12ClFS. The van der Waals surface area contributed by atoms with Crippen molar-refractivity contribution < 1.29 is 4.39 Å². The van der Waals surface area contributed by atoms with Crippen molar-refractivity contribution in [3.8, 4) is 0 Å². The quantitative estimate of drug-likeness (QED) is 0.700. The third kappa shape index (κ3) is 1.68. The Morgan fingerprint density at radius 3 is 2.80 bits per heavy atom. The maximum absolute atomic E-state index is 13.3. The van der Waals surface area contributed by atoms with Crippen LogP contribution in [-0.4, -0.2) is 5.75 Å². The molecule has 0 spiro atoms. The summed E-state index contributed by atoms with van der Waals surface area (Å²) in [5, 5.41) is 0.336. The average Bonchev–Trinajstić information content (AvgIpc) is 3.07. The van der Waals surface area contributed by atoms with Crippen molar-refractivity contribution in [1.29, 1.82) is 0 Å². The lowest BCUT2D eigenvalue weighted by Gasteiger charge is -2.25. The highest BCUT2D eigenvalue weighted by Crippen LogP contribution is 2.51. The molecule has 1 aromatic rings. The Kier molecular flexibility index (Phi) is 2.44. The molecule has 1 aliphatic heterocycles. The summed E-state index contributed by atoms with van der Waals surface area (Å²) in [4.78, 5) is 1.000. The van der Waals surface area contributed by atoms with Gasteiger partial charge in [0.1, 0.15) is 5.82 Å². The largest absolute Gasteiger partial charge is 0.205 e. The maximum Gasteiger partial charge on any atom is 0.142 e. The fourth-order valence-electron chi connectivity index (χ4n) is 2.42. The summed E-state index contributed by atoms with van der Waals surface area (Å²) in [5.41, 5.74) is 1.29. The van der Waals surface area contributed by atoms with Gasteiger partial charge in [0.2, 0.25) is 0 Å². The van der Waals surface area contributed by atoms with Crippen LogP contribution in [0.1, 0.15) is 30.7 Å². The Morgan fingerprint density at radius 1 is 1.27 bits per heavy atom. The second-order valence-corrected chi connectivity index (χ2v) is 5.84. The summed E-state index contributed by atoms with van der Waals surface area (Å²) >= 11 is 7.71. The molecular weight excluding hydrogens is 231 g/mol. The van der Waals surface area contributed by atoms with Crippen LogP contribution in [0.25, 0.3) is 0 Å². The Balaban J connectivity index is 2.07. The van der Waals surface area contributed by atoms with E-state index < -0.39 is 0 Å². The highest BCUT2D eigenvalue weighted by atomic mass is 35.5. The van der Waals surface area contributed by atoms with E-state index in [4.69, 9.17) is 11.6 Å². The number of thioether (sulfide) groups is 1. The van der Waals surface area contributed by atoms with Crippen LogP contribution in [0.5, 0.6) is 0 Å². The average molecular weight is 243 g/mol. The van der Waals surface area contributed by atoms with Crippen molar-refractivity contribution >= 4 is 23.4 Å². The normalized spacial score (nSPS) is 25.1. The second kappa shape index (κ2) is 3.67. The zero-order valence-electron chi connectivity index (χ0n) is 8.30. The highest BCUT2D eigenvalue weighted by molar-refractivity contribution is 7.99. The Morgan fingerprint density at radius 2 is 2.07 bits per heavy atom. The van der Waals surface area contributed by atoms with Crippen LogP contribution in [0.3, 0.4) is 0 Å². The van der Waals surface area contributed by atoms with E-state index >= 15 is 0 Å². The van der Waals surface area contributed by atoms with Gasteiger partial charge < -0.3 is 0 Å². The van der Waals surface area contributed by atoms with Crippen molar-refractivity contribution in [2.24, 2.45) is 5.92 Å². The van der Waals surface area contributed by atoms with E-state index in [9.17, 15) is 4.39 Å². The zero-order valence-corrected chi connectivity index (χ0v) is 9.87. The van der Waals surface area contributed by atoms with Gasteiger partial charge in [0.25, 0.3) is 0 Å². The smallest absolute Gasteiger partial charge is 0.142 e. The Hall–Kier alpha value is -0.210. The molecule has 3 rings (SSSR count). The number of fused-ring (bicyclic) bond motifs is 1. The summed E-state index contributed by atoms with van der Waals surface area (Å²) in [6, 6.07) is 3.45. The third-order valence-corrected chi connectivity index (χ3v) is 5.00. The standard InChI is InChI=1S/C12H12ClFS/c13-11-10(14)4-3-9-8(7-1-2-7)5-6-15-12(9)11/h3-4,7-8H,1-2,5-6H2. The van der Waals surface area contributed by atoms with Gasteiger partial charge in [-0.15, -0.1) is 11.8 Å². The van der Waals surface area contributed by atoms with Crippen molar-refractivity contribution in [2.75, 3.05) is 5.75 Å². The zero-order chi connectivity index (χ0) is 10.4. The highest BCUT2D eigenvalue weighted by Gasteiger charge is 2.36. The van der Waals surface area contributed by atoms with E-state index in [1.165, 1.54) is 30.9 Å². The van der Waals surface area contributed by atoms with Gasteiger partial charge in [-0.1, -0.05) is 17.7 Å². The minimum atomic E-state index is -0.278. The lowest BCUT2D eigenvalue weighted by Crippen LogP contribution is -2.10. The van der Waals surface area contributed by atoms with E-state index in [2.05, 4.69) is 0 Å². The molecule has 0 nitrogen and oxygen atoms in total. The molecule has 0 aromatic heterocycles. The van der Waals surface area contributed by atoms with E-state index in [-0.39, 0.29) is 5.82 Å². The fourth-order valence-corrected chi connectivity index (χ4v) is 3.94. The molecule has 1 saturated carbocycles. The van der Waals surface area contributed by atoms with Gasteiger partial charge >= 0.3 is 0 Å². The molecule has 0 N–H and O–H groups in total. The first-order chi connectivity index (χ1) is 7.27. The topological polar surface area (TPSA) is 0 Å². The summed E-state index contributed by atoms with van der Waals surface area (Å²) in [7, 11) is 0. The number of rotatable bonds is 1. The molecule has 1 aromatic carbocycles. The fraction of sp³-hybridized carbons (Fsp3) is 0.500.